The summed E-state index contributed by atoms with van der Waals surface area (Å²) in [6.45, 7) is 0.0918. The Morgan fingerprint density at radius 2 is 2.13 bits per heavy atom. The number of hydrogen-bond donors (Lipinski definition) is 2. The molecule has 7 heteroatoms. The number of rotatable bonds is 6. The van der Waals surface area contributed by atoms with Gasteiger partial charge >= 0.3 is 6.18 Å². The number of halogens is 3. The predicted octanol–water partition coefficient (Wildman–Crippen LogP) is 0.452. The van der Waals surface area contributed by atoms with E-state index in [0.29, 0.717) is 0 Å². The monoisotopic (exact) mass is 229 g/mol. The summed E-state index contributed by atoms with van der Waals surface area (Å²) in [6, 6.07) is 0. The molecule has 0 aliphatic carbocycles. The summed E-state index contributed by atoms with van der Waals surface area (Å²) in [5.74, 6) is -1.09. The highest BCUT2D eigenvalue weighted by Gasteiger charge is 2.30. The minimum atomic E-state index is -4.49. The van der Waals surface area contributed by atoms with Crippen LogP contribution in [0.25, 0.3) is 0 Å². The Kier molecular flexibility index (Phi) is 6.26. The fourth-order valence-corrected chi connectivity index (χ4v) is 0.898. The maximum absolute atomic E-state index is 11.7. The number of nitrogens with one attached hydrogen (secondary N) is 1. The largest absolute Gasteiger partial charge is 0.397 e. The van der Waals surface area contributed by atoms with Gasteiger partial charge in [-0.25, -0.2) is 0 Å². The first-order chi connectivity index (χ1) is 6.85. The number of carbonyl (C=O) groups is 1. The fourth-order valence-electron chi connectivity index (χ4n) is 0.898. The van der Waals surface area contributed by atoms with Crippen molar-refractivity contribution >= 4 is 5.91 Å². The third-order valence-corrected chi connectivity index (χ3v) is 1.52. The Hall–Kier alpha value is -0.820. The Morgan fingerprint density at radius 3 is 2.60 bits per heavy atom. The number of amides is 1. The van der Waals surface area contributed by atoms with Gasteiger partial charge in [-0.1, -0.05) is 0 Å². The highest BCUT2D eigenvalue weighted by Crippen LogP contribution is 2.18. The summed E-state index contributed by atoms with van der Waals surface area (Å²) in [5, 5.41) is 11.2. The first-order valence-corrected chi connectivity index (χ1v) is 4.35. The van der Waals surface area contributed by atoms with E-state index in [9.17, 15) is 18.0 Å². The SMILES string of the molecule is COCC(O)CCNC(=O)CC(F)(F)F. The normalized spacial score (nSPS) is 13.7. The molecule has 2 N–H and O–H groups in total. The zero-order valence-corrected chi connectivity index (χ0v) is 8.30. The molecule has 4 nitrogen and oxygen atoms in total. The van der Waals surface area contributed by atoms with Crippen LogP contribution < -0.4 is 5.32 Å². The summed E-state index contributed by atoms with van der Waals surface area (Å²) >= 11 is 0. The van der Waals surface area contributed by atoms with Crippen LogP contribution in [-0.2, 0) is 9.53 Å². The molecule has 1 amide bonds. The second kappa shape index (κ2) is 6.62. The second-order valence-corrected chi connectivity index (χ2v) is 3.04. The number of ether oxygens (including phenoxy) is 1. The van der Waals surface area contributed by atoms with Crippen LogP contribution in [0.5, 0.6) is 0 Å². The van der Waals surface area contributed by atoms with Crippen molar-refractivity contribution in [2.45, 2.75) is 25.1 Å². The van der Waals surface area contributed by atoms with Gasteiger partial charge < -0.3 is 15.2 Å². The van der Waals surface area contributed by atoms with Crippen LogP contribution in [0.3, 0.4) is 0 Å². The van der Waals surface area contributed by atoms with Crippen LogP contribution >= 0.6 is 0 Å². The molecule has 0 aromatic heterocycles. The molecule has 0 aromatic carbocycles. The van der Waals surface area contributed by atoms with Crippen molar-refractivity contribution in [2.75, 3.05) is 20.3 Å². The lowest BCUT2D eigenvalue weighted by Crippen LogP contribution is -2.31. The molecular formula is C8H14F3NO3. The highest BCUT2D eigenvalue weighted by molar-refractivity contribution is 5.76. The molecule has 90 valence electrons. The van der Waals surface area contributed by atoms with Gasteiger partial charge in [0.15, 0.2) is 0 Å². The molecule has 0 bridgehead atoms. The lowest BCUT2D eigenvalue weighted by molar-refractivity contribution is -0.153. The molecule has 1 atom stereocenters. The van der Waals surface area contributed by atoms with Gasteiger partial charge in [0.1, 0.15) is 6.42 Å². The van der Waals surface area contributed by atoms with E-state index in [2.05, 4.69) is 10.1 Å². The van der Waals surface area contributed by atoms with Gasteiger partial charge in [-0.15, -0.1) is 0 Å². The average molecular weight is 229 g/mol. The average Bonchev–Trinajstić information content (AvgIpc) is 2.00. The van der Waals surface area contributed by atoms with Gasteiger partial charge in [0.2, 0.25) is 5.91 Å². The van der Waals surface area contributed by atoms with Crippen molar-refractivity contribution in [3.63, 3.8) is 0 Å². The van der Waals surface area contributed by atoms with Crippen LogP contribution in [0.2, 0.25) is 0 Å². The third kappa shape index (κ3) is 9.48. The van der Waals surface area contributed by atoms with Crippen molar-refractivity contribution in [2.24, 2.45) is 0 Å². The van der Waals surface area contributed by atoms with Gasteiger partial charge in [-0.2, -0.15) is 13.2 Å². The summed E-state index contributed by atoms with van der Waals surface area (Å²) in [5.41, 5.74) is 0. The Morgan fingerprint density at radius 1 is 1.53 bits per heavy atom. The van der Waals surface area contributed by atoms with Crippen LogP contribution in [0.1, 0.15) is 12.8 Å². The van der Waals surface area contributed by atoms with Crippen LogP contribution in [0, 0.1) is 0 Å². The zero-order valence-electron chi connectivity index (χ0n) is 8.30. The molecule has 0 saturated heterocycles. The Balaban J connectivity index is 3.55. The number of carbonyl (C=O) groups excluding carboxylic acids is 1. The molecule has 0 aliphatic rings. The van der Waals surface area contributed by atoms with E-state index in [1.54, 1.807) is 0 Å². The molecule has 0 aliphatic heterocycles. The molecule has 0 rings (SSSR count). The van der Waals surface area contributed by atoms with Crippen molar-refractivity contribution in [3.05, 3.63) is 0 Å². The van der Waals surface area contributed by atoms with Crippen LogP contribution in [-0.4, -0.2) is 43.6 Å². The maximum Gasteiger partial charge on any atom is 0.397 e. The molecule has 1 unspecified atom stereocenters. The minimum Gasteiger partial charge on any atom is -0.391 e. The summed E-state index contributed by atoms with van der Waals surface area (Å²) in [4.78, 5) is 10.7. The number of alkyl halides is 3. The summed E-state index contributed by atoms with van der Waals surface area (Å²) in [7, 11) is 1.39. The van der Waals surface area contributed by atoms with E-state index in [1.165, 1.54) is 7.11 Å². The van der Waals surface area contributed by atoms with Crippen LogP contribution in [0.4, 0.5) is 13.2 Å². The predicted molar refractivity (Wildman–Crippen MR) is 46.2 cm³/mol. The standard InChI is InChI=1S/C8H14F3NO3/c1-15-5-6(13)2-3-12-7(14)4-8(9,10)11/h6,13H,2-5H2,1H3,(H,12,14). The van der Waals surface area contributed by atoms with Gasteiger partial charge in [0, 0.05) is 13.7 Å². The quantitative estimate of drug-likeness (QED) is 0.695. The number of hydrogen-bond acceptors (Lipinski definition) is 3. The van der Waals surface area contributed by atoms with Crippen molar-refractivity contribution < 1.29 is 27.8 Å². The molecular weight excluding hydrogens is 215 g/mol. The van der Waals surface area contributed by atoms with E-state index in [4.69, 9.17) is 5.11 Å². The molecule has 0 saturated carbocycles. The lowest BCUT2D eigenvalue weighted by Gasteiger charge is -2.10. The smallest absolute Gasteiger partial charge is 0.391 e. The van der Waals surface area contributed by atoms with Gasteiger partial charge in [0.05, 0.1) is 12.7 Å². The van der Waals surface area contributed by atoms with E-state index in [1.807, 2.05) is 0 Å². The van der Waals surface area contributed by atoms with Crippen molar-refractivity contribution in [3.8, 4) is 0 Å². The Labute approximate surface area is 85.4 Å². The first kappa shape index (κ1) is 14.2. The van der Waals surface area contributed by atoms with Crippen molar-refractivity contribution in [1.29, 1.82) is 0 Å². The first-order valence-electron chi connectivity index (χ1n) is 4.35. The second-order valence-electron chi connectivity index (χ2n) is 3.04. The van der Waals surface area contributed by atoms with Gasteiger partial charge in [-0.3, -0.25) is 4.79 Å². The number of aliphatic hydroxyl groups excluding tert-OH is 1. The molecule has 15 heavy (non-hydrogen) atoms. The van der Waals surface area contributed by atoms with E-state index in [-0.39, 0.29) is 19.6 Å². The summed E-state index contributed by atoms with van der Waals surface area (Å²) in [6.07, 6.45) is -6.60. The number of methoxy groups -OCH3 is 1. The lowest BCUT2D eigenvalue weighted by atomic mass is 10.2. The summed E-state index contributed by atoms with van der Waals surface area (Å²) < 4.78 is 39.6. The van der Waals surface area contributed by atoms with Gasteiger partial charge in [-0.05, 0) is 6.42 Å². The third-order valence-electron chi connectivity index (χ3n) is 1.52. The fraction of sp³-hybridized carbons (Fsp3) is 0.875. The topological polar surface area (TPSA) is 58.6 Å². The minimum absolute atomic E-state index is 0.000556. The molecule has 0 aromatic rings. The van der Waals surface area contributed by atoms with E-state index >= 15 is 0 Å². The highest BCUT2D eigenvalue weighted by atomic mass is 19.4. The molecule has 0 spiro atoms. The zero-order chi connectivity index (χ0) is 11.9. The molecule has 0 radical (unpaired) electrons. The molecule has 0 heterocycles. The van der Waals surface area contributed by atoms with Crippen LogP contribution in [0.15, 0.2) is 0 Å². The van der Waals surface area contributed by atoms with E-state index in [0.717, 1.165) is 0 Å². The van der Waals surface area contributed by atoms with Crippen molar-refractivity contribution in [1.82, 2.24) is 5.32 Å². The van der Waals surface area contributed by atoms with Gasteiger partial charge in [0.25, 0.3) is 0 Å². The Bertz CT molecular complexity index is 196. The molecule has 0 fully saturated rings. The maximum atomic E-state index is 11.7. The van der Waals surface area contributed by atoms with E-state index < -0.39 is 24.6 Å². The number of aliphatic hydroxyl groups is 1.